The molecule has 1 aromatic rings. The van der Waals surface area contributed by atoms with Crippen LogP contribution in [0.25, 0.3) is 0 Å². The molecule has 0 aromatic heterocycles. The SMILES string of the molecule is CC(=O)Nc1ccc(C(=S)NC2CC(C)(C)[NH2+]C(C)(C)C2)cc1. The lowest BCUT2D eigenvalue weighted by molar-refractivity contribution is -0.787. The fraction of sp³-hybridized carbons (Fsp3) is 0.556. The highest BCUT2D eigenvalue weighted by Gasteiger charge is 2.41. The van der Waals surface area contributed by atoms with Crippen molar-refractivity contribution < 1.29 is 10.1 Å². The third-order valence-corrected chi connectivity index (χ3v) is 4.48. The van der Waals surface area contributed by atoms with Gasteiger partial charge in [-0.1, -0.05) is 12.2 Å². The van der Waals surface area contributed by atoms with Gasteiger partial charge < -0.3 is 16.0 Å². The first-order valence-corrected chi connectivity index (χ1v) is 8.53. The molecule has 0 saturated carbocycles. The number of rotatable bonds is 3. The summed E-state index contributed by atoms with van der Waals surface area (Å²) in [5.41, 5.74) is 2.20. The van der Waals surface area contributed by atoms with Crippen molar-refractivity contribution in [2.45, 2.75) is 64.6 Å². The zero-order chi connectivity index (χ0) is 17.3. The van der Waals surface area contributed by atoms with Crippen molar-refractivity contribution in [2.24, 2.45) is 0 Å². The van der Waals surface area contributed by atoms with Crippen LogP contribution in [0.4, 0.5) is 5.69 Å². The lowest BCUT2D eigenvalue weighted by Gasteiger charge is -2.43. The monoisotopic (exact) mass is 334 g/mol. The van der Waals surface area contributed by atoms with E-state index < -0.39 is 0 Å². The normalized spacial score (nSPS) is 19.9. The summed E-state index contributed by atoms with van der Waals surface area (Å²) in [5, 5.41) is 8.76. The highest BCUT2D eigenvalue weighted by molar-refractivity contribution is 7.80. The molecule has 0 radical (unpaired) electrons. The second kappa shape index (κ2) is 6.57. The molecule has 1 fully saturated rings. The molecular weight excluding hydrogens is 306 g/mol. The third-order valence-electron chi connectivity index (χ3n) is 4.13. The summed E-state index contributed by atoms with van der Waals surface area (Å²) in [5.74, 6) is -0.0682. The Balaban J connectivity index is 2.02. The number of thiocarbonyl (C=S) groups is 1. The van der Waals surface area contributed by atoms with Crippen LogP contribution in [0.5, 0.6) is 0 Å². The van der Waals surface area contributed by atoms with E-state index in [2.05, 4.69) is 43.6 Å². The standard InChI is InChI=1S/C18H27N3OS/c1-12(22)19-14-8-6-13(7-9-14)16(23)20-15-10-17(2,3)21-18(4,5)11-15/h6-9,15,21H,10-11H2,1-5H3,(H,19,22)(H,20,23)/p+1. The molecule has 23 heavy (non-hydrogen) atoms. The zero-order valence-electron chi connectivity index (χ0n) is 14.7. The molecule has 0 atom stereocenters. The van der Waals surface area contributed by atoms with E-state index in [0.29, 0.717) is 6.04 Å². The topological polar surface area (TPSA) is 57.7 Å². The highest BCUT2D eigenvalue weighted by atomic mass is 32.1. The number of nitrogens with two attached hydrogens (primary N) is 1. The number of hydrogen-bond acceptors (Lipinski definition) is 2. The van der Waals surface area contributed by atoms with Crippen LogP contribution in [-0.2, 0) is 4.79 Å². The first-order chi connectivity index (χ1) is 10.6. The fourth-order valence-electron chi connectivity index (χ4n) is 3.80. The molecule has 126 valence electrons. The molecule has 0 unspecified atom stereocenters. The minimum atomic E-state index is -0.0682. The third kappa shape index (κ3) is 5.29. The molecule has 0 spiro atoms. The van der Waals surface area contributed by atoms with Crippen LogP contribution in [0.15, 0.2) is 24.3 Å². The number of carbonyl (C=O) groups is 1. The van der Waals surface area contributed by atoms with Gasteiger partial charge in [-0.05, 0) is 52.0 Å². The van der Waals surface area contributed by atoms with Gasteiger partial charge in [-0.3, -0.25) is 4.79 Å². The Labute approximate surface area is 144 Å². The van der Waals surface area contributed by atoms with Gasteiger partial charge in [-0.25, -0.2) is 0 Å². The quantitative estimate of drug-likeness (QED) is 0.743. The molecule has 1 aromatic carbocycles. The Kier molecular flexibility index (Phi) is 5.11. The summed E-state index contributed by atoms with van der Waals surface area (Å²) < 4.78 is 0. The highest BCUT2D eigenvalue weighted by Crippen LogP contribution is 2.22. The first-order valence-electron chi connectivity index (χ1n) is 8.12. The van der Waals surface area contributed by atoms with Gasteiger partial charge in [0.15, 0.2) is 0 Å². The number of carbonyl (C=O) groups excluding carboxylic acids is 1. The zero-order valence-corrected chi connectivity index (χ0v) is 15.5. The number of anilines is 1. The van der Waals surface area contributed by atoms with Crippen LogP contribution >= 0.6 is 12.2 Å². The van der Waals surface area contributed by atoms with Crippen molar-refractivity contribution in [2.75, 3.05) is 5.32 Å². The number of nitrogens with one attached hydrogen (secondary N) is 2. The van der Waals surface area contributed by atoms with Gasteiger partial charge in [-0.15, -0.1) is 0 Å². The van der Waals surface area contributed by atoms with E-state index in [1.165, 1.54) is 6.92 Å². The van der Waals surface area contributed by atoms with Crippen molar-refractivity contribution in [3.05, 3.63) is 29.8 Å². The Hall–Kier alpha value is -1.46. The maximum absolute atomic E-state index is 11.1. The lowest BCUT2D eigenvalue weighted by atomic mass is 9.79. The smallest absolute Gasteiger partial charge is 0.221 e. The van der Waals surface area contributed by atoms with Crippen molar-refractivity contribution in [3.8, 4) is 0 Å². The van der Waals surface area contributed by atoms with E-state index in [9.17, 15) is 4.79 Å². The molecule has 1 saturated heterocycles. The average Bonchev–Trinajstić information content (AvgIpc) is 2.34. The van der Waals surface area contributed by atoms with Crippen molar-refractivity contribution in [3.63, 3.8) is 0 Å². The molecule has 4 nitrogen and oxygen atoms in total. The maximum atomic E-state index is 11.1. The van der Waals surface area contributed by atoms with E-state index in [1.54, 1.807) is 0 Å². The summed E-state index contributed by atoms with van der Waals surface area (Å²) in [6.07, 6.45) is 2.17. The molecular formula is C18H28N3OS+. The number of hydrogen-bond donors (Lipinski definition) is 3. The number of piperidine rings is 1. The van der Waals surface area contributed by atoms with Crippen LogP contribution in [0.3, 0.4) is 0 Å². The van der Waals surface area contributed by atoms with Gasteiger partial charge in [0.25, 0.3) is 0 Å². The molecule has 1 heterocycles. The predicted octanol–water partition coefficient (Wildman–Crippen LogP) is 2.19. The number of amides is 1. The minimum Gasteiger partial charge on any atom is -0.373 e. The molecule has 1 aliphatic heterocycles. The van der Waals surface area contributed by atoms with E-state index in [0.717, 1.165) is 29.1 Å². The predicted molar refractivity (Wildman–Crippen MR) is 98.7 cm³/mol. The van der Waals surface area contributed by atoms with Crippen molar-refractivity contribution >= 4 is 28.8 Å². The molecule has 2 rings (SSSR count). The van der Waals surface area contributed by atoms with Crippen molar-refractivity contribution in [1.29, 1.82) is 0 Å². The van der Waals surface area contributed by atoms with Gasteiger partial charge in [0.1, 0.15) is 4.99 Å². The summed E-state index contributed by atoms with van der Waals surface area (Å²) >= 11 is 5.57. The van der Waals surface area contributed by atoms with Crippen LogP contribution < -0.4 is 16.0 Å². The van der Waals surface area contributed by atoms with Gasteiger partial charge >= 0.3 is 0 Å². The molecule has 5 heteroatoms. The molecule has 4 N–H and O–H groups in total. The van der Waals surface area contributed by atoms with E-state index in [4.69, 9.17) is 12.2 Å². The average molecular weight is 335 g/mol. The minimum absolute atomic E-state index is 0.0682. The van der Waals surface area contributed by atoms with Crippen LogP contribution in [0.1, 0.15) is 53.0 Å². The van der Waals surface area contributed by atoms with Crippen LogP contribution in [0.2, 0.25) is 0 Å². The van der Waals surface area contributed by atoms with E-state index in [-0.39, 0.29) is 17.0 Å². The Morgan fingerprint density at radius 1 is 1.13 bits per heavy atom. The summed E-state index contributed by atoms with van der Waals surface area (Å²) in [6, 6.07) is 8.05. The van der Waals surface area contributed by atoms with Crippen LogP contribution in [-0.4, -0.2) is 28.0 Å². The van der Waals surface area contributed by atoms with Gasteiger partial charge in [0, 0.05) is 37.1 Å². The van der Waals surface area contributed by atoms with Crippen molar-refractivity contribution in [1.82, 2.24) is 5.32 Å². The Morgan fingerprint density at radius 3 is 2.13 bits per heavy atom. The van der Waals surface area contributed by atoms with Gasteiger partial charge in [0.05, 0.1) is 11.1 Å². The maximum Gasteiger partial charge on any atom is 0.221 e. The summed E-state index contributed by atoms with van der Waals surface area (Å²) in [7, 11) is 0. The molecule has 0 aliphatic carbocycles. The second-order valence-electron chi connectivity index (χ2n) is 7.96. The Bertz CT molecular complexity index is 577. The largest absolute Gasteiger partial charge is 0.373 e. The van der Waals surface area contributed by atoms with E-state index >= 15 is 0 Å². The molecule has 1 aliphatic rings. The molecule has 1 amide bonds. The second-order valence-corrected chi connectivity index (χ2v) is 8.37. The van der Waals surface area contributed by atoms with E-state index in [1.807, 2.05) is 24.3 Å². The van der Waals surface area contributed by atoms with Gasteiger partial charge in [0.2, 0.25) is 5.91 Å². The first kappa shape index (κ1) is 17.9. The van der Waals surface area contributed by atoms with Gasteiger partial charge in [-0.2, -0.15) is 0 Å². The molecule has 0 bridgehead atoms. The Morgan fingerprint density at radius 2 is 1.65 bits per heavy atom. The van der Waals surface area contributed by atoms with Crippen LogP contribution in [0, 0.1) is 0 Å². The summed E-state index contributed by atoms with van der Waals surface area (Å²) in [4.78, 5) is 11.8. The summed E-state index contributed by atoms with van der Waals surface area (Å²) in [6.45, 7) is 10.6. The lowest BCUT2D eigenvalue weighted by Crippen LogP contribution is -3.06. The number of quaternary nitrogens is 1. The fourth-order valence-corrected chi connectivity index (χ4v) is 4.10. The number of benzene rings is 1.